The number of piperidine rings is 3. The number of hydrogen-bond acceptors (Lipinski definition) is 9. The van der Waals surface area contributed by atoms with Crippen molar-refractivity contribution >= 4 is 68.3 Å². The summed E-state index contributed by atoms with van der Waals surface area (Å²) in [4.78, 5) is 63.6. The van der Waals surface area contributed by atoms with Crippen molar-refractivity contribution in [2.75, 3.05) is 73.6 Å². The van der Waals surface area contributed by atoms with Gasteiger partial charge in [0, 0.05) is 95.7 Å². The molecule has 0 aliphatic carbocycles. The van der Waals surface area contributed by atoms with E-state index in [-0.39, 0.29) is 29.6 Å². The third-order valence-corrected chi connectivity index (χ3v) is 13.4. The number of halogens is 2. The summed E-state index contributed by atoms with van der Waals surface area (Å²) >= 11 is 6.40. The predicted molar refractivity (Wildman–Crippen MR) is 229 cm³/mol. The molecule has 6 heterocycles. The fourth-order valence-electron chi connectivity index (χ4n) is 9.77. The standard InChI is InChI=1S/C44H48ClFN10O4/c1-51-41-35(3-2-4-36(41)56(44(51)60)37-9-10-38(57)50-43(37)59)55-21-19-52(20-22-55)26-27-11-15-53(16-12-27)30-5-6-31(33(46)23-30)42(58)49-29-13-17-54(18-14-29)34-8-7-32(45)39-28(24-47)25-48-40(34)39/h2-8,23,25,27,29,37,48H,9-22,26H2,1H3,(H,49,58)(H,50,57,59). The molecule has 4 aliphatic heterocycles. The van der Waals surface area contributed by atoms with Gasteiger partial charge < -0.3 is 25.0 Å². The third-order valence-electron chi connectivity index (χ3n) is 13.1. The monoisotopic (exact) mass is 834 g/mol. The minimum Gasteiger partial charge on any atom is -0.371 e. The van der Waals surface area contributed by atoms with E-state index in [1.807, 2.05) is 36.4 Å². The molecule has 3 amide bonds. The van der Waals surface area contributed by atoms with Crippen molar-refractivity contribution in [2.45, 2.75) is 50.6 Å². The highest BCUT2D eigenvalue weighted by molar-refractivity contribution is 6.36. The highest BCUT2D eigenvalue weighted by Gasteiger charge is 2.33. The second-order valence-electron chi connectivity index (χ2n) is 16.6. The lowest BCUT2D eigenvalue weighted by atomic mass is 9.95. The molecule has 1 atom stereocenters. The van der Waals surface area contributed by atoms with Crippen molar-refractivity contribution in [3.63, 3.8) is 0 Å². The first-order valence-electron chi connectivity index (χ1n) is 20.9. The number of H-pyrrole nitrogens is 1. The Bertz CT molecular complexity index is 2590. The van der Waals surface area contributed by atoms with Crippen LogP contribution in [0.5, 0.6) is 0 Å². The molecule has 3 aromatic carbocycles. The first kappa shape index (κ1) is 39.6. The number of rotatable bonds is 8. The minimum absolute atomic E-state index is 0.0513. The second kappa shape index (κ2) is 16.3. The van der Waals surface area contributed by atoms with Crippen LogP contribution in [0.3, 0.4) is 0 Å². The van der Waals surface area contributed by atoms with Crippen LogP contribution in [0.25, 0.3) is 21.9 Å². The largest absolute Gasteiger partial charge is 0.371 e. The molecule has 312 valence electrons. The van der Waals surface area contributed by atoms with Crippen molar-refractivity contribution in [3.8, 4) is 6.07 Å². The summed E-state index contributed by atoms with van der Waals surface area (Å²) in [5, 5.41) is 16.2. The first-order chi connectivity index (χ1) is 29.1. The quantitative estimate of drug-likeness (QED) is 0.185. The van der Waals surface area contributed by atoms with E-state index in [1.165, 1.54) is 10.6 Å². The fraction of sp³-hybridized carbons (Fsp3) is 0.432. The van der Waals surface area contributed by atoms with Crippen LogP contribution in [0.1, 0.15) is 60.5 Å². The topological polar surface area (TPSA) is 155 Å². The Hall–Kier alpha value is -5.85. The molecule has 3 N–H and O–H groups in total. The van der Waals surface area contributed by atoms with Gasteiger partial charge in [-0.25, -0.2) is 9.18 Å². The maximum absolute atomic E-state index is 15.5. The molecule has 14 nitrogen and oxygen atoms in total. The highest BCUT2D eigenvalue weighted by atomic mass is 35.5. The number of aromatic nitrogens is 3. The zero-order chi connectivity index (χ0) is 41.7. The Balaban J connectivity index is 0.751. The second-order valence-corrected chi connectivity index (χ2v) is 17.0. The molecule has 5 aromatic rings. The number of nitrogens with zero attached hydrogens (tertiary/aromatic N) is 7. The van der Waals surface area contributed by atoms with E-state index in [0.717, 1.165) is 86.8 Å². The van der Waals surface area contributed by atoms with Crippen LogP contribution in [0.4, 0.5) is 21.5 Å². The normalized spacial score (nSPS) is 19.9. The van der Waals surface area contributed by atoms with E-state index < -0.39 is 23.7 Å². The molecule has 2 aromatic heterocycles. The van der Waals surface area contributed by atoms with Gasteiger partial charge in [0.1, 0.15) is 17.9 Å². The van der Waals surface area contributed by atoms with Gasteiger partial charge in [0.05, 0.1) is 44.1 Å². The number of benzene rings is 3. The minimum atomic E-state index is -0.718. The smallest absolute Gasteiger partial charge is 0.329 e. The number of carbonyl (C=O) groups is 3. The number of piperazine rings is 1. The van der Waals surface area contributed by atoms with Crippen LogP contribution in [0.15, 0.2) is 59.5 Å². The summed E-state index contributed by atoms with van der Waals surface area (Å²) in [7, 11) is 1.74. The number of nitrogens with one attached hydrogen (secondary N) is 3. The number of imidazole rings is 1. The number of aromatic amines is 1. The first-order valence-corrected chi connectivity index (χ1v) is 21.3. The molecule has 0 bridgehead atoms. The molecule has 4 saturated heterocycles. The van der Waals surface area contributed by atoms with E-state index in [9.17, 15) is 24.4 Å². The number of nitriles is 1. The van der Waals surface area contributed by atoms with E-state index in [2.05, 4.69) is 41.3 Å². The van der Waals surface area contributed by atoms with Crippen LogP contribution < -0.4 is 31.0 Å². The fourth-order valence-corrected chi connectivity index (χ4v) is 10.0. The van der Waals surface area contributed by atoms with Gasteiger partial charge >= 0.3 is 5.69 Å². The molecular weight excluding hydrogens is 787 g/mol. The van der Waals surface area contributed by atoms with Crippen molar-refractivity contribution in [1.82, 2.24) is 29.7 Å². The zero-order valence-electron chi connectivity index (χ0n) is 33.6. The average molecular weight is 835 g/mol. The van der Waals surface area contributed by atoms with E-state index in [0.29, 0.717) is 59.8 Å². The summed E-state index contributed by atoms with van der Waals surface area (Å²) in [5.41, 5.74) is 5.33. The lowest BCUT2D eigenvalue weighted by Crippen LogP contribution is -2.49. The number of aryl methyl sites for hydroxylation is 1. The molecule has 16 heteroatoms. The number of carbonyl (C=O) groups excluding carboxylic acids is 3. The number of hydrogen-bond donors (Lipinski definition) is 3. The van der Waals surface area contributed by atoms with Gasteiger partial charge in [-0.1, -0.05) is 17.7 Å². The summed E-state index contributed by atoms with van der Waals surface area (Å²) < 4.78 is 18.7. The number of anilines is 3. The Kier molecular flexibility index (Phi) is 10.8. The summed E-state index contributed by atoms with van der Waals surface area (Å²) in [6.07, 6.45) is 5.56. The Morgan fingerprint density at radius 2 is 1.63 bits per heavy atom. The van der Waals surface area contributed by atoms with Gasteiger partial charge in [0.15, 0.2) is 0 Å². The van der Waals surface area contributed by atoms with Gasteiger partial charge in [-0.2, -0.15) is 5.26 Å². The van der Waals surface area contributed by atoms with Crippen molar-refractivity contribution in [1.29, 1.82) is 5.26 Å². The Labute approximate surface area is 351 Å². The van der Waals surface area contributed by atoms with E-state index in [1.54, 1.807) is 23.9 Å². The van der Waals surface area contributed by atoms with Gasteiger partial charge in [-0.15, -0.1) is 0 Å². The van der Waals surface area contributed by atoms with Crippen LogP contribution in [0, 0.1) is 23.1 Å². The van der Waals surface area contributed by atoms with Gasteiger partial charge in [-0.05, 0) is 80.5 Å². The number of fused-ring (bicyclic) bond motifs is 2. The van der Waals surface area contributed by atoms with E-state index in [4.69, 9.17) is 11.6 Å². The number of imide groups is 1. The molecule has 0 spiro atoms. The summed E-state index contributed by atoms with van der Waals surface area (Å²) in [6, 6.07) is 15.9. The third kappa shape index (κ3) is 7.36. The molecule has 1 unspecified atom stereocenters. The van der Waals surface area contributed by atoms with Crippen LogP contribution in [-0.4, -0.2) is 102 Å². The summed E-state index contributed by atoms with van der Waals surface area (Å²) in [5.74, 6) is -1.15. The van der Waals surface area contributed by atoms with Crippen LogP contribution in [-0.2, 0) is 16.6 Å². The van der Waals surface area contributed by atoms with Gasteiger partial charge in [0.2, 0.25) is 11.8 Å². The lowest BCUT2D eigenvalue weighted by Gasteiger charge is -2.40. The van der Waals surface area contributed by atoms with Crippen molar-refractivity contribution in [3.05, 3.63) is 87.2 Å². The predicted octanol–water partition coefficient (Wildman–Crippen LogP) is 4.90. The SMILES string of the molecule is Cn1c(=O)n(C2CCC(=O)NC2=O)c2cccc(N3CCN(CC4CCN(c5ccc(C(=O)NC6CCN(c7ccc(Cl)c8c(C#N)c[nH]c78)CC6)c(F)c5)CC4)CC3)c21. The zero-order valence-corrected chi connectivity index (χ0v) is 34.3. The molecule has 0 saturated carbocycles. The number of para-hydroxylation sites is 1. The van der Waals surface area contributed by atoms with Crippen molar-refractivity contribution in [2.24, 2.45) is 13.0 Å². The van der Waals surface area contributed by atoms with Gasteiger partial charge in [0.25, 0.3) is 5.91 Å². The maximum atomic E-state index is 15.5. The average Bonchev–Trinajstić information content (AvgIpc) is 3.81. The molecule has 4 aliphatic rings. The summed E-state index contributed by atoms with van der Waals surface area (Å²) in [6.45, 7) is 7.39. The molecule has 4 fully saturated rings. The van der Waals surface area contributed by atoms with Crippen LogP contribution >= 0.6 is 11.6 Å². The Morgan fingerprint density at radius 3 is 2.35 bits per heavy atom. The van der Waals surface area contributed by atoms with Crippen LogP contribution in [0.2, 0.25) is 5.02 Å². The van der Waals surface area contributed by atoms with Crippen molar-refractivity contribution < 1.29 is 18.8 Å². The van der Waals surface area contributed by atoms with Gasteiger partial charge in [-0.3, -0.25) is 33.7 Å². The maximum Gasteiger partial charge on any atom is 0.329 e. The molecule has 0 radical (unpaired) electrons. The number of amides is 3. The molecule has 60 heavy (non-hydrogen) atoms. The lowest BCUT2D eigenvalue weighted by molar-refractivity contribution is -0.135. The molecule has 9 rings (SSSR count). The Morgan fingerprint density at radius 1 is 0.900 bits per heavy atom. The molecular formula is C44H48ClFN10O4. The highest BCUT2D eigenvalue weighted by Crippen LogP contribution is 2.36. The van der Waals surface area contributed by atoms with E-state index >= 15 is 4.39 Å².